The Morgan fingerprint density at radius 1 is 1.20 bits per heavy atom. The lowest BCUT2D eigenvalue weighted by atomic mass is 9.96. The highest BCUT2D eigenvalue weighted by atomic mass is 14.1. The molecule has 0 nitrogen and oxygen atoms in total. The molecule has 0 aromatic rings. The van der Waals surface area contributed by atoms with Gasteiger partial charge in [0.1, 0.15) is 0 Å². The fourth-order valence-electron chi connectivity index (χ4n) is 1.13. The van der Waals surface area contributed by atoms with Crippen molar-refractivity contribution in [1.29, 1.82) is 0 Å². The molecule has 0 heterocycles. The molecule has 0 saturated heterocycles. The molecule has 0 spiro atoms. The average Bonchev–Trinajstić information content (AvgIpc) is 2.33. The molecular formula is C15H26. The number of hydrogen-bond acceptors (Lipinski definition) is 0. The monoisotopic (exact) mass is 206 g/mol. The first-order chi connectivity index (χ1) is 7.34. The summed E-state index contributed by atoms with van der Waals surface area (Å²) in [5.74, 6) is 0. The van der Waals surface area contributed by atoms with E-state index in [1.54, 1.807) is 0 Å². The molecule has 0 bridgehead atoms. The zero-order chi connectivity index (χ0) is 12.1. The highest BCUT2D eigenvalue weighted by molar-refractivity contribution is 5.41. The maximum absolute atomic E-state index is 3.96. The molecule has 0 fully saturated rings. The van der Waals surface area contributed by atoms with Crippen LogP contribution < -0.4 is 0 Å². The van der Waals surface area contributed by atoms with Crippen LogP contribution in [0.4, 0.5) is 0 Å². The summed E-state index contributed by atoms with van der Waals surface area (Å²) in [4.78, 5) is 0. The third-order valence-electron chi connectivity index (χ3n) is 1.80. The second-order valence-electron chi connectivity index (χ2n) is 2.68. The lowest BCUT2D eigenvalue weighted by Crippen LogP contribution is -1.90. The van der Waals surface area contributed by atoms with Crippen molar-refractivity contribution in [3.63, 3.8) is 0 Å². The summed E-state index contributed by atoms with van der Waals surface area (Å²) in [6.07, 6.45) is 12.8. The second kappa shape index (κ2) is 13.0. The van der Waals surface area contributed by atoms with E-state index in [9.17, 15) is 0 Å². The molecule has 1 rings (SSSR count). The Hall–Kier alpha value is -1.04. The van der Waals surface area contributed by atoms with Crippen LogP contribution in [0.15, 0.2) is 48.1 Å². The quantitative estimate of drug-likeness (QED) is 0.535. The van der Waals surface area contributed by atoms with Gasteiger partial charge in [0, 0.05) is 0 Å². The van der Waals surface area contributed by atoms with Crippen molar-refractivity contribution in [3.05, 3.63) is 48.1 Å². The minimum Gasteiger partial charge on any atom is -0.0915 e. The van der Waals surface area contributed by atoms with Gasteiger partial charge in [-0.3, -0.25) is 0 Å². The third-order valence-corrected chi connectivity index (χ3v) is 1.80. The second-order valence-corrected chi connectivity index (χ2v) is 2.68. The van der Waals surface area contributed by atoms with Gasteiger partial charge in [0.2, 0.25) is 0 Å². The van der Waals surface area contributed by atoms with E-state index < -0.39 is 0 Å². The molecule has 86 valence electrons. The number of hydrogen-bond donors (Lipinski definition) is 0. The maximum atomic E-state index is 3.96. The smallest absolute Gasteiger partial charge is 0.0238 e. The zero-order valence-electron chi connectivity index (χ0n) is 11.0. The molecule has 0 aromatic carbocycles. The minimum atomic E-state index is 1.14. The van der Waals surface area contributed by atoms with Gasteiger partial charge >= 0.3 is 0 Å². The normalized spacial score (nSPS) is 16.9. The first kappa shape index (κ1) is 16.4. The summed E-state index contributed by atoms with van der Waals surface area (Å²) in [6, 6.07) is 0. The largest absolute Gasteiger partial charge is 0.0915 e. The van der Waals surface area contributed by atoms with Crippen molar-refractivity contribution < 1.29 is 0 Å². The van der Waals surface area contributed by atoms with Crippen molar-refractivity contribution >= 4 is 0 Å². The van der Waals surface area contributed by atoms with E-state index in [1.165, 1.54) is 5.57 Å². The van der Waals surface area contributed by atoms with Gasteiger partial charge in [-0.25, -0.2) is 0 Å². The number of rotatable bonds is 1. The van der Waals surface area contributed by atoms with Gasteiger partial charge < -0.3 is 0 Å². The third kappa shape index (κ3) is 7.99. The Balaban J connectivity index is 0. The van der Waals surface area contributed by atoms with Crippen LogP contribution in [0.3, 0.4) is 0 Å². The predicted octanol–water partition coefficient (Wildman–Crippen LogP) is 5.45. The van der Waals surface area contributed by atoms with Crippen LogP contribution in [0.25, 0.3) is 0 Å². The Morgan fingerprint density at radius 2 is 1.80 bits per heavy atom. The number of allylic oxidation sites excluding steroid dienone is 7. The van der Waals surface area contributed by atoms with Gasteiger partial charge in [0.05, 0.1) is 0 Å². The predicted molar refractivity (Wildman–Crippen MR) is 73.1 cm³/mol. The lowest BCUT2D eigenvalue weighted by Gasteiger charge is -2.09. The lowest BCUT2D eigenvalue weighted by molar-refractivity contribution is 0.970. The van der Waals surface area contributed by atoms with E-state index in [-0.39, 0.29) is 0 Å². The van der Waals surface area contributed by atoms with E-state index in [0.29, 0.717) is 0 Å². The Kier molecular flexibility index (Phi) is 14.2. The summed E-state index contributed by atoms with van der Waals surface area (Å²) in [6.45, 7) is 14.0. The summed E-state index contributed by atoms with van der Waals surface area (Å²) in [5.41, 5.74) is 2.53. The van der Waals surface area contributed by atoms with Gasteiger partial charge in [0.25, 0.3) is 0 Å². The van der Waals surface area contributed by atoms with E-state index >= 15 is 0 Å². The first-order valence-corrected chi connectivity index (χ1v) is 6.02. The van der Waals surface area contributed by atoms with E-state index in [2.05, 4.69) is 30.9 Å². The highest BCUT2D eigenvalue weighted by Crippen LogP contribution is 2.21. The van der Waals surface area contributed by atoms with Crippen molar-refractivity contribution in [2.75, 3.05) is 0 Å². The molecule has 1 aliphatic carbocycles. The first-order valence-electron chi connectivity index (χ1n) is 6.02. The van der Waals surface area contributed by atoms with Gasteiger partial charge in [-0.1, -0.05) is 64.7 Å². The molecule has 0 aliphatic heterocycles. The van der Waals surface area contributed by atoms with E-state index in [4.69, 9.17) is 0 Å². The van der Waals surface area contributed by atoms with Crippen LogP contribution in [0.5, 0.6) is 0 Å². The SMILES string of the molecule is C=C1C=CCC/C1=C/C=C\C.CC.CC. The molecule has 0 atom stereocenters. The zero-order valence-corrected chi connectivity index (χ0v) is 11.0. The fourth-order valence-corrected chi connectivity index (χ4v) is 1.13. The molecule has 1 aliphatic rings. The molecule has 0 amide bonds. The molecule has 0 saturated carbocycles. The highest BCUT2D eigenvalue weighted by Gasteiger charge is 2.01. The summed E-state index contributed by atoms with van der Waals surface area (Å²) >= 11 is 0. The topological polar surface area (TPSA) is 0 Å². The van der Waals surface area contributed by atoms with Crippen molar-refractivity contribution in [3.8, 4) is 0 Å². The van der Waals surface area contributed by atoms with E-state index in [0.717, 1.165) is 18.4 Å². The van der Waals surface area contributed by atoms with Crippen molar-refractivity contribution in [2.45, 2.75) is 47.5 Å². The Bertz CT molecular complexity index is 226. The van der Waals surface area contributed by atoms with Crippen LogP contribution in [0, 0.1) is 0 Å². The molecular weight excluding hydrogens is 180 g/mol. The summed E-state index contributed by atoms with van der Waals surface area (Å²) < 4.78 is 0. The average molecular weight is 206 g/mol. The Morgan fingerprint density at radius 3 is 2.27 bits per heavy atom. The fraction of sp³-hybridized carbons (Fsp3) is 0.467. The maximum Gasteiger partial charge on any atom is -0.0238 e. The molecule has 15 heavy (non-hydrogen) atoms. The molecule has 0 aromatic heterocycles. The van der Waals surface area contributed by atoms with Gasteiger partial charge in [-0.15, -0.1) is 0 Å². The molecule has 0 N–H and O–H groups in total. The molecule has 0 radical (unpaired) electrons. The Labute approximate surface area is 96.1 Å². The summed E-state index contributed by atoms with van der Waals surface area (Å²) in [7, 11) is 0. The van der Waals surface area contributed by atoms with Crippen LogP contribution >= 0.6 is 0 Å². The van der Waals surface area contributed by atoms with Gasteiger partial charge in [0.15, 0.2) is 0 Å². The van der Waals surface area contributed by atoms with Crippen LogP contribution in [-0.4, -0.2) is 0 Å². The van der Waals surface area contributed by atoms with Gasteiger partial charge in [-0.2, -0.15) is 0 Å². The van der Waals surface area contributed by atoms with Crippen LogP contribution in [0.2, 0.25) is 0 Å². The van der Waals surface area contributed by atoms with Crippen LogP contribution in [0.1, 0.15) is 47.5 Å². The molecule has 0 unspecified atom stereocenters. The minimum absolute atomic E-state index is 1.14. The van der Waals surface area contributed by atoms with Crippen molar-refractivity contribution in [2.24, 2.45) is 0 Å². The van der Waals surface area contributed by atoms with E-state index in [1.807, 2.05) is 40.7 Å². The van der Waals surface area contributed by atoms with Gasteiger partial charge in [-0.05, 0) is 30.9 Å². The molecule has 0 heteroatoms. The standard InChI is InChI=1S/C11H14.2C2H6/c1-3-4-8-11-9-6-5-7-10(11)2;2*1-2/h3-5,7-8H,2,6,9H2,1H3;2*1-2H3/b4-3-,11-8-;;. The van der Waals surface area contributed by atoms with Crippen LogP contribution in [-0.2, 0) is 0 Å². The van der Waals surface area contributed by atoms with Crippen molar-refractivity contribution in [1.82, 2.24) is 0 Å². The summed E-state index contributed by atoms with van der Waals surface area (Å²) in [5, 5.41) is 0.